The lowest BCUT2D eigenvalue weighted by molar-refractivity contribution is -0.385. The van der Waals surface area contributed by atoms with Crippen LogP contribution in [0, 0.1) is 17.0 Å². The highest BCUT2D eigenvalue weighted by Crippen LogP contribution is 2.33. The Morgan fingerprint density at radius 3 is 2.68 bits per heavy atom. The molecule has 0 aromatic carbocycles. The second-order valence-electron chi connectivity index (χ2n) is 4.82. The molecule has 0 spiro atoms. The summed E-state index contributed by atoms with van der Waals surface area (Å²) < 4.78 is 5.72. The van der Waals surface area contributed by atoms with E-state index >= 15 is 0 Å². The predicted molar refractivity (Wildman–Crippen MR) is 86.4 cm³/mol. The number of anilines is 1. The molecule has 2 aromatic rings. The van der Waals surface area contributed by atoms with E-state index in [0.29, 0.717) is 5.56 Å². The monoisotopic (exact) mass is 367 g/mol. The van der Waals surface area contributed by atoms with Crippen LogP contribution in [0.3, 0.4) is 0 Å². The Bertz CT molecular complexity index is 870. The number of primary amides is 1. The smallest absolute Gasteiger partial charge is 0.341 e. The van der Waals surface area contributed by atoms with Crippen molar-refractivity contribution in [2.45, 2.75) is 13.5 Å². The number of methoxy groups -OCH3 is 1. The number of aromatic nitrogens is 2. The predicted octanol–water partition coefficient (Wildman–Crippen LogP) is 0.685. The molecule has 0 atom stereocenters. The van der Waals surface area contributed by atoms with Crippen LogP contribution in [0.2, 0.25) is 0 Å². The molecule has 3 N–H and O–H groups in total. The number of ether oxygens (including phenoxy) is 1. The van der Waals surface area contributed by atoms with E-state index < -0.39 is 22.7 Å². The first kappa shape index (κ1) is 18.1. The molecule has 2 rings (SSSR count). The molecule has 0 unspecified atom stereocenters. The van der Waals surface area contributed by atoms with Gasteiger partial charge in [0.1, 0.15) is 23.9 Å². The van der Waals surface area contributed by atoms with Crippen LogP contribution in [0.4, 0.5) is 10.7 Å². The first-order valence-electron chi connectivity index (χ1n) is 6.72. The number of thiophene rings is 1. The Labute approximate surface area is 144 Å². The van der Waals surface area contributed by atoms with Crippen LogP contribution in [0.15, 0.2) is 12.4 Å². The molecule has 132 valence electrons. The fourth-order valence-corrected chi connectivity index (χ4v) is 3.09. The summed E-state index contributed by atoms with van der Waals surface area (Å²) >= 11 is 0.842. The van der Waals surface area contributed by atoms with E-state index in [4.69, 9.17) is 5.73 Å². The van der Waals surface area contributed by atoms with Crippen LogP contribution in [-0.2, 0) is 16.1 Å². The van der Waals surface area contributed by atoms with Crippen molar-refractivity contribution in [2.24, 2.45) is 5.73 Å². The van der Waals surface area contributed by atoms with Crippen molar-refractivity contribution in [1.82, 2.24) is 9.78 Å². The molecule has 2 amide bonds. The van der Waals surface area contributed by atoms with Crippen LogP contribution in [0.25, 0.3) is 0 Å². The summed E-state index contributed by atoms with van der Waals surface area (Å²) in [4.78, 5) is 45.5. The van der Waals surface area contributed by atoms with Gasteiger partial charge in [-0.05, 0) is 12.5 Å². The largest absolute Gasteiger partial charge is 0.465 e. The van der Waals surface area contributed by atoms with Crippen LogP contribution >= 0.6 is 11.3 Å². The first-order chi connectivity index (χ1) is 11.7. The van der Waals surface area contributed by atoms with Crippen LogP contribution in [0.5, 0.6) is 0 Å². The van der Waals surface area contributed by atoms with E-state index in [1.807, 2.05) is 0 Å². The van der Waals surface area contributed by atoms with Crippen molar-refractivity contribution in [1.29, 1.82) is 0 Å². The quantitative estimate of drug-likeness (QED) is 0.431. The van der Waals surface area contributed by atoms with Gasteiger partial charge in [-0.1, -0.05) is 0 Å². The minimum Gasteiger partial charge on any atom is -0.465 e. The van der Waals surface area contributed by atoms with Gasteiger partial charge in [-0.3, -0.25) is 24.4 Å². The van der Waals surface area contributed by atoms with Crippen LogP contribution in [0.1, 0.15) is 25.6 Å². The maximum atomic E-state index is 12.1. The maximum absolute atomic E-state index is 12.1. The third-order valence-corrected chi connectivity index (χ3v) is 4.37. The third kappa shape index (κ3) is 3.80. The van der Waals surface area contributed by atoms with Gasteiger partial charge in [-0.2, -0.15) is 5.10 Å². The van der Waals surface area contributed by atoms with Crippen molar-refractivity contribution in [2.75, 3.05) is 12.4 Å². The zero-order valence-electron chi connectivity index (χ0n) is 13.1. The Morgan fingerprint density at radius 1 is 1.48 bits per heavy atom. The minimum absolute atomic E-state index is 0.0288. The second kappa shape index (κ2) is 7.09. The van der Waals surface area contributed by atoms with Gasteiger partial charge in [0.2, 0.25) is 5.91 Å². The number of nitro groups is 1. The number of nitrogens with one attached hydrogen (secondary N) is 1. The van der Waals surface area contributed by atoms with Crippen molar-refractivity contribution < 1.29 is 24.0 Å². The number of nitrogens with zero attached hydrogens (tertiary/aromatic N) is 3. The van der Waals surface area contributed by atoms with E-state index in [-0.39, 0.29) is 27.7 Å². The average molecular weight is 367 g/mol. The van der Waals surface area contributed by atoms with Crippen molar-refractivity contribution in [3.63, 3.8) is 0 Å². The maximum Gasteiger partial charge on any atom is 0.341 e. The van der Waals surface area contributed by atoms with Gasteiger partial charge < -0.3 is 15.8 Å². The third-order valence-electron chi connectivity index (χ3n) is 3.15. The number of hydrogen-bond acceptors (Lipinski definition) is 8. The van der Waals surface area contributed by atoms with Crippen molar-refractivity contribution in [3.05, 3.63) is 38.5 Å². The lowest BCUT2D eigenvalue weighted by Gasteiger charge is -2.06. The molecule has 0 bridgehead atoms. The second-order valence-corrected chi connectivity index (χ2v) is 5.84. The summed E-state index contributed by atoms with van der Waals surface area (Å²) in [5.74, 6) is -2.07. The molecule has 0 aliphatic heterocycles. The van der Waals surface area contributed by atoms with Crippen LogP contribution in [-0.4, -0.2) is 39.6 Å². The highest BCUT2D eigenvalue weighted by Gasteiger charge is 2.25. The zero-order valence-corrected chi connectivity index (χ0v) is 14.0. The molecule has 0 aliphatic rings. The minimum atomic E-state index is -0.740. The van der Waals surface area contributed by atoms with E-state index in [2.05, 4.69) is 15.2 Å². The molecule has 0 fully saturated rings. The van der Waals surface area contributed by atoms with Crippen LogP contribution < -0.4 is 11.1 Å². The Morgan fingerprint density at radius 2 is 2.16 bits per heavy atom. The van der Waals surface area contributed by atoms with Gasteiger partial charge in [0.05, 0.1) is 22.5 Å². The number of nitrogens with two attached hydrogens (primary N) is 1. The summed E-state index contributed by atoms with van der Waals surface area (Å²) in [6.07, 6.45) is 2.10. The highest BCUT2D eigenvalue weighted by molar-refractivity contribution is 7.18. The lowest BCUT2D eigenvalue weighted by Crippen LogP contribution is -2.20. The Kier molecular flexibility index (Phi) is 5.12. The number of carbonyl (C=O) groups is 3. The molecule has 11 nitrogen and oxygen atoms in total. The van der Waals surface area contributed by atoms with Gasteiger partial charge in [-0.25, -0.2) is 4.79 Å². The highest BCUT2D eigenvalue weighted by atomic mass is 32.1. The molecular formula is C13H13N5O6S. The van der Waals surface area contributed by atoms with Gasteiger partial charge in [0.15, 0.2) is 0 Å². The number of rotatable bonds is 6. The van der Waals surface area contributed by atoms with E-state index in [1.165, 1.54) is 6.92 Å². The standard InChI is InChI=1S/C13H13N5O6S/c1-6-9(13(21)24-2)12(25-10(6)11(14)20)16-8(19)5-17-4-7(3-15-17)18(22)23/h3-4H,5H2,1-2H3,(H2,14,20)(H,16,19). The summed E-state index contributed by atoms with van der Waals surface area (Å²) in [5.41, 5.74) is 5.32. The molecule has 25 heavy (non-hydrogen) atoms. The van der Waals surface area contributed by atoms with E-state index in [0.717, 1.165) is 35.5 Å². The SMILES string of the molecule is COC(=O)c1c(NC(=O)Cn2cc([N+](=O)[O-])cn2)sc(C(N)=O)c1C. The molecule has 0 saturated heterocycles. The van der Waals surface area contributed by atoms with Gasteiger partial charge in [0.25, 0.3) is 5.91 Å². The van der Waals surface area contributed by atoms with E-state index in [9.17, 15) is 24.5 Å². The average Bonchev–Trinajstić information content (AvgIpc) is 3.11. The Balaban J connectivity index is 2.24. The summed E-state index contributed by atoms with van der Waals surface area (Å²) in [6, 6.07) is 0. The fourth-order valence-electron chi connectivity index (χ4n) is 2.03. The molecule has 2 aromatic heterocycles. The summed E-state index contributed by atoms with van der Waals surface area (Å²) in [5, 5.41) is 16.9. The zero-order chi connectivity index (χ0) is 18.7. The Hall–Kier alpha value is -3.28. The number of esters is 1. The molecular weight excluding hydrogens is 354 g/mol. The number of hydrogen-bond donors (Lipinski definition) is 2. The molecule has 0 saturated carbocycles. The van der Waals surface area contributed by atoms with Gasteiger partial charge >= 0.3 is 11.7 Å². The van der Waals surface area contributed by atoms with Crippen molar-refractivity contribution in [3.8, 4) is 0 Å². The molecule has 12 heteroatoms. The first-order valence-corrected chi connectivity index (χ1v) is 7.54. The lowest BCUT2D eigenvalue weighted by atomic mass is 10.1. The fraction of sp³-hybridized carbons (Fsp3) is 0.231. The van der Waals surface area contributed by atoms with Gasteiger partial charge in [0, 0.05) is 0 Å². The molecule has 0 radical (unpaired) electrons. The number of amides is 2. The van der Waals surface area contributed by atoms with Crippen molar-refractivity contribution >= 4 is 39.8 Å². The summed E-state index contributed by atoms with van der Waals surface area (Å²) in [6.45, 7) is 1.19. The summed E-state index contributed by atoms with van der Waals surface area (Å²) in [7, 11) is 1.16. The normalized spacial score (nSPS) is 10.3. The molecule has 0 aliphatic carbocycles. The topological polar surface area (TPSA) is 159 Å². The van der Waals surface area contributed by atoms with Gasteiger partial charge in [-0.15, -0.1) is 11.3 Å². The molecule has 2 heterocycles. The van der Waals surface area contributed by atoms with E-state index in [1.54, 1.807) is 0 Å². The number of carbonyl (C=O) groups excluding carboxylic acids is 3.